The molecule has 2 fully saturated rings. The Bertz CT molecular complexity index is 1280. The van der Waals surface area contributed by atoms with Gasteiger partial charge in [0, 0.05) is 29.2 Å². The van der Waals surface area contributed by atoms with Crippen LogP contribution in [0.4, 0.5) is 0 Å². The Morgan fingerprint density at radius 1 is 0.971 bits per heavy atom. The minimum atomic E-state index is -0.280. The fourth-order valence-corrected chi connectivity index (χ4v) is 5.02. The van der Waals surface area contributed by atoms with E-state index in [1.54, 1.807) is 29.0 Å². The molecule has 0 aliphatic carbocycles. The SMILES string of the molecule is COc1ccc(C#Cc2ccc([C@@H]3[C@H](CO)N4C(=O)CN(C(=O)c5ccccc5)C[C@@H]34)cc2)cc1. The van der Waals surface area contributed by atoms with Crippen LogP contribution in [0.2, 0.25) is 0 Å². The van der Waals surface area contributed by atoms with Crippen LogP contribution < -0.4 is 4.74 Å². The lowest BCUT2D eigenvalue weighted by Gasteiger charge is -2.58. The third-order valence-corrected chi connectivity index (χ3v) is 6.80. The summed E-state index contributed by atoms with van der Waals surface area (Å²) >= 11 is 0. The molecule has 2 heterocycles. The topological polar surface area (TPSA) is 70.1 Å². The number of amides is 2. The summed E-state index contributed by atoms with van der Waals surface area (Å²) in [7, 11) is 1.63. The zero-order chi connectivity index (χ0) is 24.4. The van der Waals surface area contributed by atoms with E-state index in [1.165, 1.54) is 0 Å². The summed E-state index contributed by atoms with van der Waals surface area (Å²) in [6, 6.07) is 24.1. The van der Waals surface area contributed by atoms with Gasteiger partial charge in [0.15, 0.2) is 0 Å². The van der Waals surface area contributed by atoms with E-state index in [-0.39, 0.29) is 43.0 Å². The summed E-state index contributed by atoms with van der Waals surface area (Å²) in [5, 5.41) is 10.0. The van der Waals surface area contributed by atoms with Crippen molar-refractivity contribution < 1.29 is 19.4 Å². The fraction of sp³-hybridized carbons (Fsp3) is 0.241. The molecule has 0 unspecified atom stereocenters. The number of hydrogen-bond acceptors (Lipinski definition) is 4. The fourth-order valence-electron chi connectivity index (χ4n) is 5.02. The number of rotatable bonds is 4. The number of fused-ring (bicyclic) bond motifs is 1. The predicted molar refractivity (Wildman–Crippen MR) is 132 cm³/mol. The Kier molecular flexibility index (Phi) is 6.26. The number of nitrogens with zero attached hydrogens (tertiary/aromatic N) is 2. The first kappa shape index (κ1) is 22.7. The largest absolute Gasteiger partial charge is 0.497 e. The van der Waals surface area contributed by atoms with Crippen LogP contribution >= 0.6 is 0 Å². The number of ether oxygens (including phenoxy) is 1. The molecular weight excluding hydrogens is 440 g/mol. The van der Waals surface area contributed by atoms with E-state index in [0.29, 0.717) is 12.1 Å². The number of benzene rings is 3. The van der Waals surface area contributed by atoms with E-state index >= 15 is 0 Å². The number of aliphatic hydroxyl groups excluding tert-OH is 1. The molecule has 0 saturated carbocycles. The van der Waals surface area contributed by atoms with Gasteiger partial charge in [0.1, 0.15) is 12.3 Å². The van der Waals surface area contributed by atoms with Crippen LogP contribution in [0.25, 0.3) is 0 Å². The van der Waals surface area contributed by atoms with Gasteiger partial charge in [-0.25, -0.2) is 0 Å². The summed E-state index contributed by atoms with van der Waals surface area (Å²) in [6.07, 6.45) is 0. The van der Waals surface area contributed by atoms with Crippen LogP contribution in [0.15, 0.2) is 78.9 Å². The van der Waals surface area contributed by atoms with Gasteiger partial charge in [0.2, 0.25) is 5.91 Å². The molecular formula is C29H26N2O4. The summed E-state index contributed by atoms with van der Waals surface area (Å²) in [6.45, 7) is 0.367. The second-order valence-electron chi connectivity index (χ2n) is 8.80. The highest BCUT2D eigenvalue weighted by Gasteiger charge is 2.54. The van der Waals surface area contributed by atoms with Gasteiger partial charge in [0.25, 0.3) is 5.91 Å². The van der Waals surface area contributed by atoms with Crippen molar-refractivity contribution in [1.29, 1.82) is 0 Å². The quantitative estimate of drug-likeness (QED) is 0.601. The van der Waals surface area contributed by atoms with Crippen LogP contribution in [-0.2, 0) is 4.79 Å². The van der Waals surface area contributed by atoms with E-state index in [2.05, 4.69) is 11.8 Å². The van der Waals surface area contributed by atoms with Crippen LogP contribution in [0.1, 0.15) is 33.0 Å². The van der Waals surface area contributed by atoms with Crippen LogP contribution in [0, 0.1) is 11.8 Å². The van der Waals surface area contributed by atoms with Crippen molar-refractivity contribution in [3.05, 3.63) is 101 Å². The molecule has 6 nitrogen and oxygen atoms in total. The van der Waals surface area contributed by atoms with Gasteiger partial charge in [-0.05, 0) is 54.1 Å². The second kappa shape index (κ2) is 9.65. The second-order valence-corrected chi connectivity index (χ2v) is 8.80. The highest BCUT2D eigenvalue weighted by Crippen LogP contribution is 2.43. The standard InChI is InChI=1S/C29H26N2O4/c1-35-24-15-11-21(12-16-24)8-7-20-9-13-22(14-10-20)28-25-17-30(18-27(33)31(25)26(28)19-32)29(34)23-5-3-2-4-6-23/h2-6,9-16,25-26,28,32H,17-19H2,1H3/t25-,26-,28-/m0/s1. The molecule has 0 aromatic heterocycles. The van der Waals surface area contributed by atoms with Crippen molar-refractivity contribution in [2.75, 3.05) is 26.8 Å². The third-order valence-electron chi connectivity index (χ3n) is 6.80. The van der Waals surface area contributed by atoms with Crippen LogP contribution in [0.3, 0.4) is 0 Å². The normalized spacial score (nSPS) is 20.9. The number of carbonyl (C=O) groups excluding carboxylic acids is 2. The Balaban J connectivity index is 1.33. The van der Waals surface area contributed by atoms with Gasteiger partial charge in [0.05, 0.1) is 25.8 Å². The van der Waals surface area contributed by atoms with Crippen molar-refractivity contribution in [2.45, 2.75) is 18.0 Å². The number of aliphatic hydroxyl groups is 1. The van der Waals surface area contributed by atoms with Crippen molar-refractivity contribution in [3.63, 3.8) is 0 Å². The number of hydrogen-bond donors (Lipinski definition) is 1. The molecule has 2 saturated heterocycles. The molecule has 3 atom stereocenters. The molecule has 5 rings (SSSR count). The van der Waals surface area contributed by atoms with E-state index in [9.17, 15) is 14.7 Å². The Labute approximate surface area is 204 Å². The van der Waals surface area contributed by atoms with Gasteiger partial charge < -0.3 is 19.6 Å². The molecule has 2 aliphatic rings. The molecule has 3 aromatic rings. The van der Waals surface area contributed by atoms with Crippen molar-refractivity contribution >= 4 is 11.8 Å². The zero-order valence-corrected chi connectivity index (χ0v) is 19.4. The first-order valence-electron chi connectivity index (χ1n) is 11.6. The molecule has 35 heavy (non-hydrogen) atoms. The lowest BCUT2D eigenvalue weighted by atomic mass is 9.73. The molecule has 0 radical (unpaired) electrons. The lowest BCUT2D eigenvalue weighted by Crippen LogP contribution is -2.73. The third kappa shape index (κ3) is 4.39. The minimum Gasteiger partial charge on any atom is -0.497 e. The molecule has 0 bridgehead atoms. The van der Waals surface area contributed by atoms with Crippen molar-refractivity contribution in [1.82, 2.24) is 9.80 Å². The van der Waals surface area contributed by atoms with Crippen LogP contribution in [0.5, 0.6) is 5.75 Å². The van der Waals surface area contributed by atoms with Crippen molar-refractivity contribution in [2.24, 2.45) is 0 Å². The Hall–Kier alpha value is -4.08. The number of methoxy groups -OCH3 is 1. The molecule has 1 N–H and O–H groups in total. The van der Waals surface area contributed by atoms with Gasteiger partial charge in [-0.15, -0.1) is 0 Å². The molecule has 2 aliphatic heterocycles. The number of piperazine rings is 1. The first-order chi connectivity index (χ1) is 17.1. The zero-order valence-electron chi connectivity index (χ0n) is 19.4. The van der Waals surface area contributed by atoms with Gasteiger partial charge in [-0.3, -0.25) is 9.59 Å². The maximum Gasteiger partial charge on any atom is 0.254 e. The Morgan fingerprint density at radius 3 is 2.20 bits per heavy atom. The average molecular weight is 467 g/mol. The van der Waals surface area contributed by atoms with Gasteiger partial charge in [-0.2, -0.15) is 0 Å². The van der Waals surface area contributed by atoms with E-state index in [0.717, 1.165) is 22.4 Å². The summed E-state index contributed by atoms with van der Waals surface area (Å²) in [5.41, 5.74) is 3.38. The average Bonchev–Trinajstić information content (AvgIpc) is 2.89. The maximum atomic E-state index is 13.0. The maximum absolute atomic E-state index is 13.0. The smallest absolute Gasteiger partial charge is 0.254 e. The van der Waals surface area contributed by atoms with E-state index in [1.807, 2.05) is 66.7 Å². The van der Waals surface area contributed by atoms with E-state index < -0.39 is 0 Å². The molecule has 0 spiro atoms. The summed E-state index contributed by atoms with van der Waals surface area (Å²) in [5.74, 6) is 6.80. The first-order valence-corrected chi connectivity index (χ1v) is 11.6. The van der Waals surface area contributed by atoms with Crippen molar-refractivity contribution in [3.8, 4) is 17.6 Å². The highest BCUT2D eigenvalue weighted by atomic mass is 16.5. The Morgan fingerprint density at radius 2 is 1.60 bits per heavy atom. The van der Waals surface area contributed by atoms with E-state index in [4.69, 9.17) is 4.74 Å². The molecule has 6 heteroatoms. The molecule has 2 amide bonds. The van der Waals surface area contributed by atoms with Gasteiger partial charge >= 0.3 is 0 Å². The minimum absolute atomic E-state index is 0.0351. The van der Waals surface area contributed by atoms with Gasteiger partial charge in [-0.1, -0.05) is 42.2 Å². The highest BCUT2D eigenvalue weighted by molar-refractivity contribution is 5.97. The van der Waals surface area contributed by atoms with Crippen LogP contribution in [-0.4, -0.2) is 65.6 Å². The summed E-state index contributed by atoms with van der Waals surface area (Å²) < 4.78 is 5.18. The molecule has 3 aromatic carbocycles. The lowest BCUT2D eigenvalue weighted by molar-refractivity contribution is -0.159. The number of carbonyl (C=O) groups is 2. The monoisotopic (exact) mass is 466 g/mol. The molecule has 176 valence electrons. The summed E-state index contributed by atoms with van der Waals surface area (Å²) in [4.78, 5) is 29.2. The predicted octanol–water partition coefficient (Wildman–Crippen LogP) is 2.91.